The predicted molar refractivity (Wildman–Crippen MR) is 41.1 cm³/mol. The van der Waals surface area contributed by atoms with Crippen LogP contribution in [0.5, 0.6) is 0 Å². The summed E-state index contributed by atoms with van der Waals surface area (Å²) in [5.41, 5.74) is 0. The first-order chi connectivity index (χ1) is 6.07. The van der Waals surface area contributed by atoms with Crippen LogP contribution in [0, 0.1) is 0 Å². The number of nitrogens with zero attached hydrogens (tertiary/aromatic N) is 2. The monoisotopic (exact) mass is 191 g/mol. The van der Waals surface area contributed by atoms with Gasteiger partial charge in [0.05, 0.1) is 12.7 Å². The minimum atomic E-state index is -4.18. The van der Waals surface area contributed by atoms with Crippen molar-refractivity contribution in [1.29, 1.82) is 0 Å². The largest absolute Gasteiger partial charge is 0.410 e. The predicted octanol–water partition coefficient (Wildman–Crippen LogP) is 0.706. The van der Waals surface area contributed by atoms with E-state index < -0.39 is 12.2 Å². The lowest BCUT2D eigenvalue weighted by molar-refractivity contribution is -0.149. The van der Waals surface area contributed by atoms with Crippen LogP contribution >= 0.6 is 0 Å². The molecule has 0 bridgehead atoms. The van der Waals surface area contributed by atoms with Gasteiger partial charge < -0.3 is 10.2 Å². The number of nitrogens with one attached hydrogen (secondary N) is 1. The van der Waals surface area contributed by atoms with E-state index in [1.165, 1.54) is 6.20 Å². The third-order valence-corrected chi connectivity index (χ3v) is 2.07. The molecule has 3 nitrogen and oxygen atoms in total. The van der Waals surface area contributed by atoms with Gasteiger partial charge in [-0.15, -0.1) is 0 Å². The zero-order valence-corrected chi connectivity index (χ0v) is 6.67. The fourth-order valence-corrected chi connectivity index (χ4v) is 1.38. The van der Waals surface area contributed by atoms with Gasteiger partial charge in [0.25, 0.3) is 0 Å². The Balaban J connectivity index is 2.11. The van der Waals surface area contributed by atoms with Gasteiger partial charge in [-0.1, -0.05) is 0 Å². The molecule has 13 heavy (non-hydrogen) atoms. The second-order valence-corrected chi connectivity index (χ2v) is 2.99. The lowest BCUT2D eigenvalue weighted by atomic mass is 10.3. The van der Waals surface area contributed by atoms with Crippen LogP contribution in [0.4, 0.5) is 13.2 Å². The van der Waals surface area contributed by atoms with Gasteiger partial charge in [-0.2, -0.15) is 13.2 Å². The molecule has 2 rings (SSSR count). The van der Waals surface area contributed by atoms with E-state index in [0.29, 0.717) is 12.4 Å². The van der Waals surface area contributed by atoms with Gasteiger partial charge in [-0.3, -0.25) is 4.99 Å². The molecule has 0 spiro atoms. The Morgan fingerprint density at radius 2 is 2.31 bits per heavy atom. The number of fused-ring (bicyclic) bond motifs is 1. The Labute approximate surface area is 72.9 Å². The number of aliphatic imine (C=N–C) groups is 1. The lowest BCUT2D eigenvalue weighted by Gasteiger charge is -2.17. The van der Waals surface area contributed by atoms with Crippen molar-refractivity contribution in [1.82, 2.24) is 10.2 Å². The zero-order valence-electron chi connectivity index (χ0n) is 6.67. The van der Waals surface area contributed by atoms with Gasteiger partial charge >= 0.3 is 6.18 Å². The van der Waals surface area contributed by atoms with E-state index in [0.717, 1.165) is 0 Å². The quantitative estimate of drug-likeness (QED) is 0.610. The molecule has 2 aliphatic heterocycles. The van der Waals surface area contributed by atoms with Crippen LogP contribution in [0.15, 0.2) is 17.0 Å². The van der Waals surface area contributed by atoms with Crippen molar-refractivity contribution in [3.05, 3.63) is 12.0 Å². The fourth-order valence-electron chi connectivity index (χ4n) is 1.38. The molecular weight excluding hydrogens is 183 g/mol. The van der Waals surface area contributed by atoms with Crippen molar-refractivity contribution < 1.29 is 13.2 Å². The SMILES string of the molecule is FC(F)(F)C1CN2CC=NC=C2N1. The van der Waals surface area contributed by atoms with Gasteiger partial charge in [0.2, 0.25) is 0 Å². The van der Waals surface area contributed by atoms with E-state index in [2.05, 4.69) is 10.3 Å². The second-order valence-electron chi connectivity index (χ2n) is 2.99. The van der Waals surface area contributed by atoms with E-state index in [1.54, 1.807) is 11.1 Å². The minimum Gasteiger partial charge on any atom is -0.358 e. The van der Waals surface area contributed by atoms with Gasteiger partial charge in [-0.25, -0.2) is 0 Å². The van der Waals surface area contributed by atoms with Crippen molar-refractivity contribution in [2.45, 2.75) is 12.2 Å². The van der Waals surface area contributed by atoms with E-state index >= 15 is 0 Å². The summed E-state index contributed by atoms with van der Waals surface area (Å²) in [7, 11) is 0. The number of halogens is 3. The third kappa shape index (κ3) is 1.48. The summed E-state index contributed by atoms with van der Waals surface area (Å²) in [6.07, 6.45) is -1.18. The van der Waals surface area contributed by atoms with Crippen LogP contribution in [-0.2, 0) is 0 Å². The highest BCUT2D eigenvalue weighted by Crippen LogP contribution is 2.27. The third-order valence-electron chi connectivity index (χ3n) is 2.07. The first-order valence-corrected chi connectivity index (χ1v) is 3.87. The fraction of sp³-hybridized carbons (Fsp3) is 0.571. The Morgan fingerprint density at radius 1 is 1.54 bits per heavy atom. The number of rotatable bonds is 0. The highest BCUT2D eigenvalue weighted by molar-refractivity contribution is 5.62. The molecule has 0 saturated carbocycles. The van der Waals surface area contributed by atoms with Gasteiger partial charge in [0.15, 0.2) is 0 Å². The molecule has 1 unspecified atom stereocenters. The summed E-state index contributed by atoms with van der Waals surface area (Å²) >= 11 is 0. The Morgan fingerprint density at radius 3 is 2.92 bits per heavy atom. The maximum Gasteiger partial charge on any atom is 0.410 e. The number of alkyl halides is 3. The molecule has 1 fully saturated rings. The maximum absolute atomic E-state index is 12.2. The van der Waals surface area contributed by atoms with Crippen LogP contribution in [0.1, 0.15) is 0 Å². The van der Waals surface area contributed by atoms with Gasteiger partial charge in [0.1, 0.15) is 11.9 Å². The van der Waals surface area contributed by atoms with Crippen LogP contribution in [0.25, 0.3) is 0 Å². The zero-order chi connectivity index (χ0) is 9.47. The molecule has 1 N–H and O–H groups in total. The van der Waals surface area contributed by atoms with E-state index in [9.17, 15) is 13.2 Å². The van der Waals surface area contributed by atoms with Crippen molar-refractivity contribution in [3.63, 3.8) is 0 Å². The molecule has 0 radical (unpaired) electrons. The lowest BCUT2D eigenvalue weighted by Crippen LogP contribution is -2.39. The molecule has 0 amide bonds. The van der Waals surface area contributed by atoms with Crippen molar-refractivity contribution >= 4 is 6.21 Å². The molecule has 2 heterocycles. The molecule has 72 valence electrons. The summed E-state index contributed by atoms with van der Waals surface area (Å²) in [6, 6.07) is -1.46. The smallest absolute Gasteiger partial charge is 0.358 e. The van der Waals surface area contributed by atoms with Gasteiger partial charge in [-0.05, 0) is 0 Å². The first-order valence-electron chi connectivity index (χ1n) is 3.87. The molecule has 0 aromatic rings. The van der Waals surface area contributed by atoms with Crippen LogP contribution in [0.3, 0.4) is 0 Å². The molecule has 2 aliphatic rings. The summed E-state index contributed by atoms with van der Waals surface area (Å²) in [6.45, 7) is 0.423. The molecule has 0 aromatic carbocycles. The summed E-state index contributed by atoms with van der Waals surface area (Å²) in [5, 5.41) is 2.38. The van der Waals surface area contributed by atoms with Crippen molar-refractivity contribution in [2.75, 3.05) is 13.1 Å². The average molecular weight is 191 g/mol. The molecule has 1 atom stereocenters. The van der Waals surface area contributed by atoms with Gasteiger partial charge in [0, 0.05) is 12.8 Å². The molecular formula is C7H8F3N3. The number of hydrogen-bond acceptors (Lipinski definition) is 3. The standard InChI is InChI=1S/C7H8F3N3/c8-7(9,10)5-4-13-2-1-11-3-6(13)12-5/h1,3,5,12H,2,4H2. The van der Waals surface area contributed by atoms with E-state index in [4.69, 9.17) is 0 Å². The highest BCUT2D eigenvalue weighted by atomic mass is 19.4. The van der Waals surface area contributed by atoms with Crippen molar-refractivity contribution in [3.8, 4) is 0 Å². The molecule has 0 aliphatic carbocycles. The summed E-state index contributed by atoms with van der Waals surface area (Å²) in [4.78, 5) is 5.39. The Bertz CT molecular complexity index is 269. The molecule has 0 aromatic heterocycles. The van der Waals surface area contributed by atoms with E-state index in [1.807, 2.05) is 0 Å². The normalized spacial score (nSPS) is 26.8. The summed E-state index contributed by atoms with van der Waals surface area (Å²) in [5.74, 6) is 0.463. The molecule has 6 heteroatoms. The average Bonchev–Trinajstić information content (AvgIpc) is 2.45. The number of hydrogen-bond donors (Lipinski definition) is 1. The first kappa shape index (κ1) is 8.40. The van der Waals surface area contributed by atoms with Crippen molar-refractivity contribution in [2.24, 2.45) is 4.99 Å². The van der Waals surface area contributed by atoms with Crippen LogP contribution in [-0.4, -0.2) is 36.4 Å². The van der Waals surface area contributed by atoms with E-state index in [-0.39, 0.29) is 6.54 Å². The topological polar surface area (TPSA) is 27.6 Å². The van der Waals surface area contributed by atoms with Crippen LogP contribution in [0.2, 0.25) is 0 Å². The Hall–Kier alpha value is -1.20. The Kier molecular flexibility index (Phi) is 1.71. The maximum atomic E-state index is 12.2. The van der Waals surface area contributed by atoms with Crippen LogP contribution < -0.4 is 5.32 Å². The highest BCUT2D eigenvalue weighted by Gasteiger charge is 2.45. The molecule has 1 saturated heterocycles. The summed E-state index contributed by atoms with van der Waals surface area (Å²) < 4.78 is 36.7. The second kappa shape index (κ2) is 2.65. The minimum absolute atomic E-state index is 0.0264.